The number of aromatic amines is 1. The van der Waals surface area contributed by atoms with Crippen LogP contribution in [0, 0.1) is 0 Å². The van der Waals surface area contributed by atoms with E-state index in [4.69, 9.17) is 0 Å². The molecule has 1 rings (SSSR count). The number of hydrogen-bond acceptors (Lipinski definition) is 4. The lowest BCUT2D eigenvalue weighted by atomic mass is 10.1. The molecule has 1 aromatic rings. The van der Waals surface area contributed by atoms with E-state index in [1.807, 2.05) is 0 Å². The highest BCUT2D eigenvalue weighted by molar-refractivity contribution is 7.89. The smallest absolute Gasteiger partial charge is 0.246 e. The van der Waals surface area contributed by atoms with E-state index in [1.165, 1.54) is 20.0 Å². The lowest BCUT2D eigenvalue weighted by Gasteiger charge is -2.17. The molecule has 0 aromatic carbocycles. The highest BCUT2D eigenvalue weighted by atomic mass is 32.2. The predicted octanol–water partition coefficient (Wildman–Crippen LogP) is -0.576. The number of hydrogen-bond donors (Lipinski definition) is 3. The van der Waals surface area contributed by atoms with Crippen LogP contribution in [0.1, 0.15) is 13.8 Å². The van der Waals surface area contributed by atoms with Crippen molar-refractivity contribution in [2.75, 3.05) is 6.54 Å². The van der Waals surface area contributed by atoms with Crippen LogP contribution in [0.25, 0.3) is 0 Å². The normalized spacial score (nSPS) is 12.7. The van der Waals surface area contributed by atoms with Crippen LogP contribution in [0.4, 0.5) is 0 Å². The molecule has 90 valence electrons. The number of aliphatic hydroxyl groups is 1. The minimum atomic E-state index is -3.88. The van der Waals surface area contributed by atoms with E-state index in [1.54, 1.807) is 0 Å². The molecule has 0 atom stereocenters. The summed E-state index contributed by atoms with van der Waals surface area (Å²) in [5.41, 5.74) is -1.77. The molecule has 0 fully saturated rings. The second kappa shape index (κ2) is 4.36. The Morgan fingerprint density at radius 2 is 2.12 bits per heavy atom. The van der Waals surface area contributed by atoms with Crippen molar-refractivity contribution in [1.29, 1.82) is 0 Å². The second-order valence-corrected chi connectivity index (χ2v) is 5.75. The van der Waals surface area contributed by atoms with Crippen LogP contribution in [0.5, 0.6) is 0 Å². The molecule has 1 aromatic heterocycles. The van der Waals surface area contributed by atoms with E-state index in [-0.39, 0.29) is 11.4 Å². The Labute approximate surface area is 93.4 Å². The third-order valence-corrected chi connectivity index (χ3v) is 3.19. The number of rotatable bonds is 4. The molecule has 0 spiro atoms. The van der Waals surface area contributed by atoms with E-state index in [9.17, 15) is 18.3 Å². The van der Waals surface area contributed by atoms with Crippen molar-refractivity contribution in [1.82, 2.24) is 9.71 Å². The number of aromatic nitrogens is 1. The van der Waals surface area contributed by atoms with Gasteiger partial charge in [-0.05, 0) is 13.8 Å². The van der Waals surface area contributed by atoms with Crippen molar-refractivity contribution in [3.8, 4) is 0 Å². The van der Waals surface area contributed by atoms with E-state index in [0.717, 1.165) is 12.3 Å². The molecule has 0 aliphatic rings. The lowest BCUT2D eigenvalue weighted by molar-refractivity contribution is 0.0857. The third-order valence-electron chi connectivity index (χ3n) is 1.77. The summed E-state index contributed by atoms with van der Waals surface area (Å²) in [5, 5.41) is 9.38. The van der Waals surface area contributed by atoms with E-state index >= 15 is 0 Å². The quantitative estimate of drug-likeness (QED) is 0.662. The Hall–Kier alpha value is -1.18. The van der Waals surface area contributed by atoms with Crippen LogP contribution in [0.2, 0.25) is 0 Å². The average Bonchev–Trinajstić information content (AvgIpc) is 2.14. The van der Waals surface area contributed by atoms with Gasteiger partial charge in [0, 0.05) is 25.0 Å². The van der Waals surface area contributed by atoms with Crippen LogP contribution >= 0.6 is 0 Å². The van der Waals surface area contributed by atoms with Gasteiger partial charge < -0.3 is 10.1 Å². The van der Waals surface area contributed by atoms with Gasteiger partial charge in [-0.3, -0.25) is 4.79 Å². The van der Waals surface area contributed by atoms with Gasteiger partial charge in [-0.1, -0.05) is 0 Å². The largest absolute Gasteiger partial charge is 0.389 e. The first-order valence-corrected chi connectivity index (χ1v) is 6.10. The zero-order chi connectivity index (χ0) is 12.4. The van der Waals surface area contributed by atoms with Crippen molar-refractivity contribution in [2.24, 2.45) is 0 Å². The van der Waals surface area contributed by atoms with Gasteiger partial charge in [-0.25, -0.2) is 13.1 Å². The van der Waals surface area contributed by atoms with Gasteiger partial charge in [0.2, 0.25) is 15.5 Å². The molecule has 1 heterocycles. The van der Waals surface area contributed by atoms with Crippen LogP contribution in [-0.2, 0) is 10.0 Å². The lowest BCUT2D eigenvalue weighted by Crippen LogP contribution is -2.39. The first kappa shape index (κ1) is 12.9. The van der Waals surface area contributed by atoms with E-state index < -0.39 is 21.1 Å². The van der Waals surface area contributed by atoms with Crippen molar-refractivity contribution in [3.05, 3.63) is 28.7 Å². The average molecular weight is 246 g/mol. The fourth-order valence-electron chi connectivity index (χ4n) is 0.960. The molecule has 7 heteroatoms. The number of nitrogens with one attached hydrogen (secondary N) is 2. The van der Waals surface area contributed by atoms with Gasteiger partial charge in [0.1, 0.15) is 4.90 Å². The topological polar surface area (TPSA) is 99.3 Å². The summed E-state index contributed by atoms with van der Waals surface area (Å²) >= 11 is 0. The van der Waals surface area contributed by atoms with Crippen LogP contribution < -0.4 is 10.2 Å². The Morgan fingerprint density at radius 3 is 2.62 bits per heavy atom. The number of sulfonamides is 1. The summed E-state index contributed by atoms with van der Waals surface area (Å²) < 4.78 is 25.5. The Kier molecular flexibility index (Phi) is 3.51. The number of H-pyrrole nitrogens is 1. The Bertz CT molecular complexity index is 513. The van der Waals surface area contributed by atoms with Crippen molar-refractivity contribution in [3.63, 3.8) is 0 Å². The molecule has 0 aliphatic heterocycles. The van der Waals surface area contributed by atoms with Gasteiger partial charge in [0.05, 0.1) is 5.60 Å². The zero-order valence-electron chi connectivity index (χ0n) is 9.02. The molecule has 3 N–H and O–H groups in total. The predicted molar refractivity (Wildman–Crippen MR) is 58.5 cm³/mol. The summed E-state index contributed by atoms with van der Waals surface area (Å²) in [6.45, 7) is 2.76. The number of pyridine rings is 1. The third kappa shape index (κ3) is 3.44. The molecule has 0 radical (unpaired) electrons. The van der Waals surface area contributed by atoms with Gasteiger partial charge in [0.15, 0.2) is 0 Å². The highest BCUT2D eigenvalue weighted by Crippen LogP contribution is 2.03. The molecule has 0 amide bonds. The standard InChI is InChI=1S/C9H14N2O4S/c1-9(2,13)6-11-16(14,15)8-5-10-4-3-7(8)12/h3-5,11,13H,6H2,1-2H3,(H,10,12). The van der Waals surface area contributed by atoms with Crippen molar-refractivity contribution < 1.29 is 13.5 Å². The SMILES string of the molecule is CC(C)(O)CNS(=O)(=O)c1c[nH]ccc1=O. The molecular weight excluding hydrogens is 232 g/mol. The van der Waals surface area contributed by atoms with Crippen LogP contribution in [0.3, 0.4) is 0 Å². The molecule has 0 saturated carbocycles. The van der Waals surface area contributed by atoms with E-state index in [0.29, 0.717) is 0 Å². The second-order valence-electron chi connectivity index (χ2n) is 4.01. The minimum Gasteiger partial charge on any atom is -0.389 e. The molecule has 0 aliphatic carbocycles. The maximum absolute atomic E-state index is 11.7. The van der Waals surface area contributed by atoms with Gasteiger partial charge >= 0.3 is 0 Å². The molecule has 0 bridgehead atoms. The van der Waals surface area contributed by atoms with Gasteiger partial charge in [-0.2, -0.15) is 0 Å². The summed E-state index contributed by atoms with van der Waals surface area (Å²) in [6.07, 6.45) is 2.45. The highest BCUT2D eigenvalue weighted by Gasteiger charge is 2.21. The maximum atomic E-state index is 11.7. The van der Waals surface area contributed by atoms with Crippen molar-refractivity contribution >= 4 is 10.0 Å². The minimum absolute atomic E-state index is 0.163. The molecular formula is C9H14N2O4S. The molecule has 6 nitrogen and oxygen atoms in total. The van der Waals surface area contributed by atoms with Gasteiger partial charge in [-0.15, -0.1) is 0 Å². The van der Waals surface area contributed by atoms with Crippen LogP contribution in [0.15, 0.2) is 28.2 Å². The Balaban J connectivity index is 2.96. The Morgan fingerprint density at radius 1 is 1.50 bits per heavy atom. The first-order chi connectivity index (χ1) is 7.22. The summed E-state index contributed by atoms with van der Waals surface area (Å²) in [7, 11) is -3.88. The molecule has 0 saturated heterocycles. The van der Waals surface area contributed by atoms with Crippen LogP contribution in [-0.4, -0.2) is 30.7 Å². The maximum Gasteiger partial charge on any atom is 0.246 e. The fourth-order valence-corrected chi connectivity index (χ4v) is 2.22. The van der Waals surface area contributed by atoms with Gasteiger partial charge in [0.25, 0.3) is 0 Å². The molecule has 16 heavy (non-hydrogen) atoms. The summed E-state index contributed by atoms with van der Waals surface area (Å²) in [6, 6.07) is 1.12. The van der Waals surface area contributed by atoms with E-state index in [2.05, 4.69) is 9.71 Å². The summed E-state index contributed by atoms with van der Waals surface area (Å²) in [4.78, 5) is 13.5. The zero-order valence-corrected chi connectivity index (χ0v) is 9.84. The monoisotopic (exact) mass is 246 g/mol. The van der Waals surface area contributed by atoms with Crippen molar-refractivity contribution in [2.45, 2.75) is 24.3 Å². The molecule has 0 unspecified atom stereocenters. The summed E-state index contributed by atoms with van der Waals surface area (Å²) in [5.74, 6) is 0. The first-order valence-electron chi connectivity index (χ1n) is 4.61. The fraction of sp³-hybridized carbons (Fsp3) is 0.444.